The van der Waals surface area contributed by atoms with E-state index >= 15 is 0 Å². The standard InChI is InChI=1S/C13H16BrF2N/c1-13(2)4-3-8(7-13)17-12-6-10(15)9(14)5-11(12)16/h5-6,8,17H,3-4,7H2,1-2H3. The van der Waals surface area contributed by atoms with Crippen LogP contribution in [0.15, 0.2) is 16.6 Å². The van der Waals surface area contributed by atoms with Crippen molar-refractivity contribution in [1.29, 1.82) is 0 Å². The van der Waals surface area contributed by atoms with Crippen LogP contribution in [-0.2, 0) is 0 Å². The van der Waals surface area contributed by atoms with E-state index in [0.29, 0.717) is 5.41 Å². The van der Waals surface area contributed by atoms with Gasteiger partial charge in [0.05, 0.1) is 10.2 Å². The summed E-state index contributed by atoms with van der Waals surface area (Å²) in [4.78, 5) is 0. The van der Waals surface area contributed by atoms with Gasteiger partial charge >= 0.3 is 0 Å². The minimum absolute atomic E-state index is 0.160. The molecule has 94 valence electrons. The van der Waals surface area contributed by atoms with Gasteiger partial charge in [-0.3, -0.25) is 0 Å². The molecule has 1 atom stereocenters. The summed E-state index contributed by atoms with van der Waals surface area (Å²) in [6.07, 6.45) is 3.11. The minimum atomic E-state index is -0.439. The van der Waals surface area contributed by atoms with Gasteiger partial charge in [0.25, 0.3) is 0 Å². The van der Waals surface area contributed by atoms with E-state index in [2.05, 4.69) is 35.1 Å². The monoisotopic (exact) mass is 303 g/mol. The highest BCUT2D eigenvalue weighted by atomic mass is 79.9. The number of nitrogens with one attached hydrogen (secondary N) is 1. The molecule has 0 bridgehead atoms. The SMILES string of the molecule is CC1(C)CCC(Nc2cc(F)c(Br)cc2F)C1. The largest absolute Gasteiger partial charge is 0.380 e. The first kappa shape index (κ1) is 12.8. The first-order valence-corrected chi connectivity index (χ1v) is 6.58. The molecule has 1 N–H and O–H groups in total. The zero-order valence-electron chi connectivity index (χ0n) is 9.99. The van der Waals surface area contributed by atoms with Gasteiger partial charge in [-0.25, -0.2) is 8.78 Å². The van der Waals surface area contributed by atoms with Crippen LogP contribution in [0.1, 0.15) is 33.1 Å². The van der Waals surface area contributed by atoms with Crippen LogP contribution in [0, 0.1) is 17.0 Å². The molecule has 0 aromatic heterocycles. The summed E-state index contributed by atoms with van der Waals surface area (Å²) in [6.45, 7) is 4.40. The lowest BCUT2D eigenvalue weighted by Gasteiger charge is -2.19. The third-order valence-corrected chi connectivity index (χ3v) is 3.95. The van der Waals surface area contributed by atoms with E-state index in [4.69, 9.17) is 0 Å². The summed E-state index contributed by atoms with van der Waals surface area (Å²) in [5, 5.41) is 3.10. The number of hydrogen-bond acceptors (Lipinski definition) is 1. The number of benzene rings is 1. The van der Waals surface area contributed by atoms with Crippen LogP contribution < -0.4 is 5.32 Å². The van der Waals surface area contributed by atoms with E-state index in [1.54, 1.807) is 0 Å². The second-order valence-corrected chi connectivity index (χ2v) is 6.35. The fourth-order valence-electron chi connectivity index (χ4n) is 2.41. The average molecular weight is 304 g/mol. The Hall–Kier alpha value is -0.640. The predicted octanol–water partition coefficient (Wildman–Crippen LogP) is 4.72. The summed E-state index contributed by atoms with van der Waals surface area (Å²) in [5.41, 5.74) is 0.551. The van der Waals surface area contributed by atoms with Gasteiger partial charge in [-0.1, -0.05) is 13.8 Å². The number of halogens is 3. The molecule has 1 aromatic carbocycles. The third kappa shape index (κ3) is 2.97. The van der Waals surface area contributed by atoms with Gasteiger partial charge in [-0.15, -0.1) is 0 Å². The molecule has 0 heterocycles. The molecule has 0 saturated heterocycles. The van der Waals surface area contributed by atoms with E-state index in [1.165, 1.54) is 6.07 Å². The van der Waals surface area contributed by atoms with Gasteiger partial charge in [0, 0.05) is 12.1 Å². The van der Waals surface area contributed by atoms with E-state index in [1.807, 2.05) is 0 Å². The molecule has 0 aliphatic heterocycles. The first-order valence-electron chi connectivity index (χ1n) is 5.78. The van der Waals surface area contributed by atoms with Gasteiger partial charge in [0.1, 0.15) is 11.6 Å². The van der Waals surface area contributed by atoms with E-state index < -0.39 is 11.6 Å². The maximum atomic E-state index is 13.6. The van der Waals surface area contributed by atoms with E-state index in [0.717, 1.165) is 25.3 Å². The Morgan fingerprint density at radius 3 is 2.59 bits per heavy atom. The quantitative estimate of drug-likeness (QED) is 0.780. The molecule has 0 spiro atoms. The maximum Gasteiger partial charge on any atom is 0.147 e. The molecular weight excluding hydrogens is 288 g/mol. The molecule has 1 aliphatic rings. The van der Waals surface area contributed by atoms with Crippen molar-refractivity contribution in [2.75, 3.05) is 5.32 Å². The third-order valence-electron chi connectivity index (χ3n) is 3.34. The molecule has 1 nitrogen and oxygen atoms in total. The van der Waals surface area contributed by atoms with Crippen LogP contribution in [0.25, 0.3) is 0 Å². The molecule has 1 saturated carbocycles. The molecule has 17 heavy (non-hydrogen) atoms. The molecule has 1 aliphatic carbocycles. The minimum Gasteiger partial charge on any atom is -0.380 e. The van der Waals surface area contributed by atoms with Crippen molar-refractivity contribution in [2.24, 2.45) is 5.41 Å². The maximum absolute atomic E-state index is 13.6. The molecule has 1 unspecified atom stereocenters. The zero-order chi connectivity index (χ0) is 12.6. The van der Waals surface area contributed by atoms with E-state index in [9.17, 15) is 8.78 Å². The van der Waals surface area contributed by atoms with Gasteiger partial charge in [0.2, 0.25) is 0 Å². The van der Waals surface area contributed by atoms with Crippen LogP contribution in [-0.4, -0.2) is 6.04 Å². The average Bonchev–Trinajstić information content (AvgIpc) is 2.54. The van der Waals surface area contributed by atoms with Crippen molar-refractivity contribution in [1.82, 2.24) is 0 Å². The fourth-order valence-corrected chi connectivity index (χ4v) is 2.73. The van der Waals surface area contributed by atoms with Crippen molar-refractivity contribution < 1.29 is 8.78 Å². The Balaban J connectivity index is 2.12. The highest BCUT2D eigenvalue weighted by molar-refractivity contribution is 9.10. The smallest absolute Gasteiger partial charge is 0.147 e. The van der Waals surface area contributed by atoms with Crippen LogP contribution in [0.5, 0.6) is 0 Å². The van der Waals surface area contributed by atoms with E-state index in [-0.39, 0.29) is 16.2 Å². The Labute approximate surface area is 109 Å². The van der Waals surface area contributed by atoms with Crippen LogP contribution >= 0.6 is 15.9 Å². The van der Waals surface area contributed by atoms with Crippen molar-refractivity contribution in [3.63, 3.8) is 0 Å². The van der Waals surface area contributed by atoms with Crippen LogP contribution in [0.3, 0.4) is 0 Å². The molecule has 1 fully saturated rings. The number of anilines is 1. The van der Waals surface area contributed by atoms with Crippen molar-refractivity contribution >= 4 is 21.6 Å². The van der Waals surface area contributed by atoms with Crippen LogP contribution in [0.2, 0.25) is 0 Å². The van der Waals surface area contributed by atoms with Crippen molar-refractivity contribution in [2.45, 2.75) is 39.2 Å². The zero-order valence-corrected chi connectivity index (χ0v) is 11.6. The fraction of sp³-hybridized carbons (Fsp3) is 0.538. The summed E-state index contributed by atoms with van der Waals surface area (Å²) >= 11 is 2.97. The number of hydrogen-bond donors (Lipinski definition) is 1. The first-order chi connectivity index (χ1) is 7.87. The summed E-state index contributed by atoms with van der Waals surface area (Å²) in [5.74, 6) is -0.853. The van der Waals surface area contributed by atoms with Gasteiger partial charge in [-0.2, -0.15) is 0 Å². The molecule has 2 rings (SSSR count). The second-order valence-electron chi connectivity index (χ2n) is 5.49. The van der Waals surface area contributed by atoms with Crippen molar-refractivity contribution in [3.8, 4) is 0 Å². The van der Waals surface area contributed by atoms with Crippen LogP contribution in [0.4, 0.5) is 14.5 Å². The molecule has 0 amide bonds. The summed E-state index contributed by atoms with van der Waals surface area (Å²) < 4.78 is 27.1. The highest BCUT2D eigenvalue weighted by Crippen LogP contribution is 2.38. The van der Waals surface area contributed by atoms with Crippen molar-refractivity contribution in [3.05, 3.63) is 28.2 Å². The predicted molar refractivity (Wildman–Crippen MR) is 69.1 cm³/mol. The van der Waals surface area contributed by atoms with Gasteiger partial charge < -0.3 is 5.32 Å². The second kappa shape index (κ2) is 4.56. The van der Waals surface area contributed by atoms with Gasteiger partial charge in [0.15, 0.2) is 0 Å². The lowest BCUT2D eigenvalue weighted by Crippen LogP contribution is -2.18. The lowest BCUT2D eigenvalue weighted by molar-refractivity contribution is 0.378. The normalized spacial score (nSPS) is 22.8. The molecule has 0 radical (unpaired) electrons. The highest BCUT2D eigenvalue weighted by Gasteiger charge is 2.31. The Bertz CT molecular complexity index is 432. The molecule has 1 aromatic rings. The Morgan fingerprint density at radius 2 is 2.00 bits per heavy atom. The Kier molecular flexibility index (Phi) is 3.43. The Morgan fingerprint density at radius 1 is 1.29 bits per heavy atom. The number of rotatable bonds is 2. The lowest BCUT2D eigenvalue weighted by atomic mass is 9.92. The summed E-state index contributed by atoms with van der Waals surface area (Å²) in [6, 6.07) is 2.61. The molecule has 4 heteroatoms. The molecular formula is C13H16BrF2N. The topological polar surface area (TPSA) is 12.0 Å². The summed E-state index contributed by atoms with van der Waals surface area (Å²) in [7, 11) is 0. The van der Waals surface area contributed by atoms with Gasteiger partial charge in [-0.05, 0) is 46.7 Å².